The molecule has 0 saturated carbocycles. The number of ether oxygens (including phenoxy) is 3. The molecule has 1 aliphatic heterocycles. The zero-order valence-corrected chi connectivity index (χ0v) is 12.0. The van der Waals surface area contributed by atoms with E-state index in [0.717, 1.165) is 25.7 Å². The Morgan fingerprint density at radius 3 is 3.00 bits per heavy atom. The van der Waals surface area contributed by atoms with Crippen molar-refractivity contribution in [3.63, 3.8) is 0 Å². The minimum Gasteiger partial charge on any atom is -0.493 e. The van der Waals surface area contributed by atoms with Crippen molar-refractivity contribution in [2.24, 2.45) is 0 Å². The summed E-state index contributed by atoms with van der Waals surface area (Å²) < 4.78 is 16.0. The summed E-state index contributed by atoms with van der Waals surface area (Å²) in [6.07, 6.45) is 2.84. The smallest absolute Gasteiger partial charge is 0.258 e. The Bertz CT molecular complexity index is 497. The number of hydrogen-bond acceptors (Lipinski definition) is 5. The molecule has 0 unspecified atom stereocenters. The van der Waals surface area contributed by atoms with Crippen LogP contribution >= 0.6 is 0 Å². The summed E-state index contributed by atoms with van der Waals surface area (Å²) in [6.45, 7) is 1.16. The third kappa shape index (κ3) is 4.46. The highest BCUT2D eigenvalue weighted by Gasteiger charge is 2.16. The molecule has 1 aliphatic rings. The molecule has 0 aliphatic carbocycles. The molecule has 0 bridgehead atoms. The fourth-order valence-electron chi connectivity index (χ4n) is 2.10. The Morgan fingerprint density at radius 1 is 1.48 bits per heavy atom. The van der Waals surface area contributed by atoms with Gasteiger partial charge in [-0.25, -0.2) is 0 Å². The molecule has 114 valence electrons. The van der Waals surface area contributed by atoms with Crippen LogP contribution in [0.1, 0.15) is 23.2 Å². The minimum atomic E-state index is -0.216. The number of methoxy groups -OCH3 is 1. The average molecular weight is 293 g/mol. The molecule has 1 aromatic rings. The Labute approximate surface area is 123 Å². The molecule has 0 radical (unpaired) electrons. The van der Waals surface area contributed by atoms with Gasteiger partial charge in [0, 0.05) is 18.7 Å². The van der Waals surface area contributed by atoms with Crippen molar-refractivity contribution >= 4 is 12.2 Å². The molecule has 21 heavy (non-hydrogen) atoms. The SMILES string of the molecule is COc1cc(C=O)ccc1OCC(=O)NC[C@H]1CCCO1. The van der Waals surface area contributed by atoms with E-state index in [1.807, 2.05) is 0 Å². The number of amides is 1. The lowest BCUT2D eigenvalue weighted by Crippen LogP contribution is -2.35. The van der Waals surface area contributed by atoms with Gasteiger partial charge in [-0.15, -0.1) is 0 Å². The first-order valence-electron chi connectivity index (χ1n) is 6.87. The lowest BCUT2D eigenvalue weighted by Gasteiger charge is -2.13. The third-order valence-electron chi connectivity index (χ3n) is 3.23. The summed E-state index contributed by atoms with van der Waals surface area (Å²) in [4.78, 5) is 22.4. The van der Waals surface area contributed by atoms with E-state index in [9.17, 15) is 9.59 Å². The molecule has 1 amide bonds. The van der Waals surface area contributed by atoms with Crippen LogP contribution in [-0.4, -0.2) is 45.2 Å². The van der Waals surface area contributed by atoms with Crippen LogP contribution in [0.2, 0.25) is 0 Å². The fraction of sp³-hybridized carbons (Fsp3) is 0.467. The monoisotopic (exact) mass is 293 g/mol. The third-order valence-corrected chi connectivity index (χ3v) is 3.23. The van der Waals surface area contributed by atoms with Gasteiger partial charge in [-0.05, 0) is 31.0 Å². The number of benzene rings is 1. The van der Waals surface area contributed by atoms with Crippen LogP contribution in [0, 0.1) is 0 Å². The number of nitrogens with one attached hydrogen (secondary N) is 1. The fourth-order valence-corrected chi connectivity index (χ4v) is 2.10. The zero-order chi connectivity index (χ0) is 15.1. The molecule has 0 aromatic heterocycles. The quantitative estimate of drug-likeness (QED) is 0.764. The summed E-state index contributed by atoms with van der Waals surface area (Å²) in [5, 5.41) is 2.77. The molecular formula is C15H19NO5. The lowest BCUT2D eigenvalue weighted by atomic mass is 10.2. The lowest BCUT2D eigenvalue weighted by molar-refractivity contribution is -0.123. The van der Waals surface area contributed by atoms with Gasteiger partial charge >= 0.3 is 0 Å². The van der Waals surface area contributed by atoms with E-state index in [0.29, 0.717) is 23.6 Å². The Kier molecular flexibility index (Phi) is 5.57. The maximum Gasteiger partial charge on any atom is 0.258 e. The normalized spacial score (nSPS) is 17.3. The summed E-state index contributed by atoms with van der Waals surface area (Å²) in [7, 11) is 1.48. The average Bonchev–Trinajstić information content (AvgIpc) is 3.04. The molecule has 1 fully saturated rings. The molecular weight excluding hydrogens is 274 g/mol. The van der Waals surface area contributed by atoms with E-state index >= 15 is 0 Å². The number of rotatable bonds is 7. The van der Waals surface area contributed by atoms with E-state index in [1.54, 1.807) is 18.2 Å². The first-order valence-corrected chi connectivity index (χ1v) is 6.87. The second-order valence-electron chi connectivity index (χ2n) is 4.76. The van der Waals surface area contributed by atoms with Crippen LogP contribution in [0.4, 0.5) is 0 Å². The highest BCUT2D eigenvalue weighted by atomic mass is 16.5. The Hall–Kier alpha value is -2.08. The molecule has 6 heteroatoms. The highest BCUT2D eigenvalue weighted by Crippen LogP contribution is 2.27. The Balaban J connectivity index is 1.81. The largest absolute Gasteiger partial charge is 0.493 e. The van der Waals surface area contributed by atoms with Gasteiger partial charge in [0.05, 0.1) is 13.2 Å². The number of carbonyl (C=O) groups excluding carboxylic acids is 2. The maximum atomic E-state index is 11.7. The molecule has 1 aromatic carbocycles. The van der Waals surface area contributed by atoms with Crippen LogP contribution in [0.5, 0.6) is 11.5 Å². The standard InChI is InChI=1S/C15H19NO5/c1-19-14-7-11(9-17)4-5-13(14)21-10-15(18)16-8-12-3-2-6-20-12/h4-5,7,9,12H,2-3,6,8,10H2,1H3,(H,16,18)/t12-/m1/s1. The van der Waals surface area contributed by atoms with Gasteiger partial charge in [0.15, 0.2) is 18.1 Å². The number of aldehydes is 1. The van der Waals surface area contributed by atoms with Gasteiger partial charge in [0.1, 0.15) is 6.29 Å². The molecule has 0 spiro atoms. The van der Waals surface area contributed by atoms with Crippen molar-refractivity contribution in [1.29, 1.82) is 0 Å². The summed E-state index contributed by atoms with van der Waals surface area (Å²) in [5.74, 6) is 0.633. The predicted molar refractivity (Wildman–Crippen MR) is 75.9 cm³/mol. The molecule has 1 atom stereocenters. The summed E-state index contributed by atoms with van der Waals surface area (Å²) in [6, 6.07) is 4.78. The molecule has 1 saturated heterocycles. The van der Waals surface area contributed by atoms with E-state index < -0.39 is 0 Å². The predicted octanol–water partition coefficient (Wildman–Crippen LogP) is 1.18. The van der Waals surface area contributed by atoms with E-state index in [4.69, 9.17) is 14.2 Å². The molecule has 6 nitrogen and oxygen atoms in total. The summed E-state index contributed by atoms with van der Waals surface area (Å²) >= 11 is 0. The highest BCUT2D eigenvalue weighted by molar-refractivity contribution is 5.78. The number of carbonyl (C=O) groups is 2. The van der Waals surface area contributed by atoms with Crippen molar-refractivity contribution in [2.75, 3.05) is 26.9 Å². The first kappa shape index (κ1) is 15.3. The van der Waals surface area contributed by atoms with Crippen LogP contribution in [0.25, 0.3) is 0 Å². The van der Waals surface area contributed by atoms with E-state index in [1.165, 1.54) is 7.11 Å². The second-order valence-corrected chi connectivity index (χ2v) is 4.76. The molecule has 2 rings (SSSR count). The van der Waals surface area contributed by atoms with Crippen LogP contribution in [0.3, 0.4) is 0 Å². The van der Waals surface area contributed by atoms with Crippen molar-refractivity contribution < 1.29 is 23.8 Å². The topological polar surface area (TPSA) is 73.9 Å². The van der Waals surface area contributed by atoms with Crippen molar-refractivity contribution in [3.05, 3.63) is 23.8 Å². The zero-order valence-electron chi connectivity index (χ0n) is 12.0. The molecule has 1 N–H and O–H groups in total. The van der Waals surface area contributed by atoms with Gasteiger partial charge in [-0.1, -0.05) is 0 Å². The molecule has 1 heterocycles. The minimum absolute atomic E-state index is 0.107. The van der Waals surface area contributed by atoms with Gasteiger partial charge in [-0.2, -0.15) is 0 Å². The van der Waals surface area contributed by atoms with Gasteiger partial charge in [-0.3, -0.25) is 9.59 Å². The van der Waals surface area contributed by atoms with Crippen LogP contribution < -0.4 is 14.8 Å². The van der Waals surface area contributed by atoms with Crippen LogP contribution in [0.15, 0.2) is 18.2 Å². The first-order chi connectivity index (χ1) is 10.2. The van der Waals surface area contributed by atoms with Crippen molar-refractivity contribution in [2.45, 2.75) is 18.9 Å². The maximum absolute atomic E-state index is 11.7. The van der Waals surface area contributed by atoms with Gasteiger partial charge in [0.2, 0.25) is 0 Å². The van der Waals surface area contributed by atoms with E-state index in [-0.39, 0.29) is 18.6 Å². The van der Waals surface area contributed by atoms with E-state index in [2.05, 4.69) is 5.32 Å². The summed E-state index contributed by atoms with van der Waals surface area (Å²) in [5.41, 5.74) is 0.488. The van der Waals surface area contributed by atoms with Crippen LogP contribution in [-0.2, 0) is 9.53 Å². The second kappa shape index (κ2) is 7.64. The number of hydrogen-bond donors (Lipinski definition) is 1. The van der Waals surface area contributed by atoms with Gasteiger partial charge in [0.25, 0.3) is 5.91 Å². The van der Waals surface area contributed by atoms with Crippen molar-refractivity contribution in [1.82, 2.24) is 5.32 Å². The van der Waals surface area contributed by atoms with Gasteiger partial charge < -0.3 is 19.5 Å². The van der Waals surface area contributed by atoms with Crippen molar-refractivity contribution in [3.8, 4) is 11.5 Å². The Morgan fingerprint density at radius 2 is 2.33 bits per heavy atom.